The van der Waals surface area contributed by atoms with E-state index in [1.165, 1.54) is 5.56 Å². The third-order valence-electron chi connectivity index (χ3n) is 1.73. The Morgan fingerprint density at radius 1 is 1.15 bits per heavy atom. The van der Waals surface area contributed by atoms with E-state index in [-0.39, 0.29) is 0 Å². The van der Waals surface area contributed by atoms with E-state index in [9.17, 15) is 0 Å². The number of benzene rings is 1. The molecule has 1 aromatic carbocycles. The largest absolute Gasteiger partial charge is 0.508 e. The Morgan fingerprint density at radius 2 is 1.85 bits per heavy atom. The summed E-state index contributed by atoms with van der Waals surface area (Å²) in [6, 6.07) is 7.23. The van der Waals surface area contributed by atoms with Crippen LogP contribution in [0.15, 0.2) is 36.4 Å². The molecule has 1 aromatic rings. The van der Waals surface area contributed by atoms with E-state index < -0.39 is 0 Å². The van der Waals surface area contributed by atoms with Gasteiger partial charge in [0.2, 0.25) is 0 Å². The second-order valence-electron chi connectivity index (χ2n) is 2.82. The maximum atomic E-state index is 9.03. The molecule has 2 heteroatoms. The van der Waals surface area contributed by atoms with E-state index in [1.54, 1.807) is 12.1 Å². The summed E-state index contributed by atoms with van der Waals surface area (Å²) in [6.45, 7) is 0. The van der Waals surface area contributed by atoms with Crippen LogP contribution >= 0.6 is 11.6 Å². The van der Waals surface area contributed by atoms with Gasteiger partial charge in [-0.3, -0.25) is 0 Å². The van der Waals surface area contributed by atoms with Gasteiger partial charge in [0.1, 0.15) is 5.75 Å². The smallest absolute Gasteiger partial charge is 0.115 e. The molecular weight excluding hydrogens is 184 g/mol. The summed E-state index contributed by atoms with van der Waals surface area (Å²) in [5, 5.41) is 9.03. The van der Waals surface area contributed by atoms with Crippen LogP contribution in [0.5, 0.6) is 5.75 Å². The van der Waals surface area contributed by atoms with Crippen LogP contribution in [0.4, 0.5) is 0 Å². The van der Waals surface area contributed by atoms with Gasteiger partial charge in [0.25, 0.3) is 0 Å². The lowest BCUT2D eigenvalue weighted by Gasteiger charge is -1.95. The first kappa shape index (κ1) is 10.1. The van der Waals surface area contributed by atoms with E-state index in [1.807, 2.05) is 12.1 Å². The maximum absolute atomic E-state index is 9.03. The highest BCUT2D eigenvalue weighted by molar-refractivity contribution is 6.17. The van der Waals surface area contributed by atoms with Crippen LogP contribution < -0.4 is 0 Å². The molecule has 1 rings (SSSR count). The van der Waals surface area contributed by atoms with Crippen molar-refractivity contribution in [2.24, 2.45) is 0 Å². The van der Waals surface area contributed by atoms with Crippen molar-refractivity contribution < 1.29 is 5.11 Å². The zero-order chi connectivity index (χ0) is 9.52. The fourth-order valence-corrected chi connectivity index (χ4v) is 1.16. The molecular formula is C11H13ClO. The van der Waals surface area contributed by atoms with Crippen molar-refractivity contribution in [3.63, 3.8) is 0 Å². The molecule has 0 spiro atoms. The van der Waals surface area contributed by atoms with Crippen LogP contribution in [0, 0.1) is 0 Å². The number of alkyl halides is 1. The zero-order valence-corrected chi connectivity index (χ0v) is 8.17. The summed E-state index contributed by atoms with van der Waals surface area (Å²) in [6.07, 6.45) is 5.98. The number of rotatable bonds is 4. The summed E-state index contributed by atoms with van der Waals surface area (Å²) < 4.78 is 0. The monoisotopic (exact) mass is 196 g/mol. The molecule has 0 saturated carbocycles. The summed E-state index contributed by atoms with van der Waals surface area (Å²) >= 11 is 5.52. The number of allylic oxidation sites excluding steroid dienone is 2. The zero-order valence-electron chi connectivity index (χ0n) is 7.41. The number of aromatic hydroxyl groups is 1. The molecule has 70 valence electrons. The fourth-order valence-electron chi connectivity index (χ4n) is 1.03. The van der Waals surface area contributed by atoms with Gasteiger partial charge >= 0.3 is 0 Å². The van der Waals surface area contributed by atoms with Gasteiger partial charge < -0.3 is 5.11 Å². The summed E-state index contributed by atoms with van der Waals surface area (Å²) in [7, 11) is 0. The predicted octanol–water partition coefficient (Wildman–Crippen LogP) is 3.12. The Kier molecular flexibility index (Phi) is 4.41. The molecule has 0 aliphatic carbocycles. The van der Waals surface area contributed by atoms with Crippen molar-refractivity contribution in [1.82, 2.24) is 0 Å². The molecule has 0 aliphatic heterocycles. The van der Waals surface area contributed by atoms with Gasteiger partial charge in [-0.2, -0.15) is 0 Å². The van der Waals surface area contributed by atoms with Crippen molar-refractivity contribution in [2.75, 3.05) is 5.88 Å². The van der Waals surface area contributed by atoms with E-state index in [0.29, 0.717) is 11.6 Å². The topological polar surface area (TPSA) is 20.2 Å². The number of phenols is 1. The van der Waals surface area contributed by atoms with Gasteiger partial charge in [0.05, 0.1) is 0 Å². The average Bonchev–Trinajstić information content (AvgIpc) is 2.15. The molecule has 0 saturated heterocycles. The number of hydrogen-bond donors (Lipinski definition) is 1. The molecule has 0 fully saturated rings. The molecule has 0 bridgehead atoms. The lowest BCUT2D eigenvalue weighted by molar-refractivity contribution is 0.475. The van der Waals surface area contributed by atoms with Crippen LogP contribution in [0.3, 0.4) is 0 Å². The van der Waals surface area contributed by atoms with Crippen LogP contribution in [-0.2, 0) is 6.42 Å². The van der Waals surface area contributed by atoms with Gasteiger partial charge in [0.15, 0.2) is 0 Å². The van der Waals surface area contributed by atoms with Crippen LogP contribution in [0.2, 0.25) is 0 Å². The Morgan fingerprint density at radius 3 is 2.46 bits per heavy atom. The first-order valence-electron chi connectivity index (χ1n) is 4.32. The summed E-state index contributed by atoms with van der Waals surface area (Å²) in [4.78, 5) is 0. The molecule has 0 amide bonds. The Labute approximate surface area is 83.7 Å². The van der Waals surface area contributed by atoms with E-state index in [4.69, 9.17) is 16.7 Å². The van der Waals surface area contributed by atoms with Crippen LogP contribution in [-0.4, -0.2) is 11.0 Å². The summed E-state index contributed by atoms with van der Waals surface area (Å²) in [5.74, 6) is 0.986. The molecule has 13 heavy (non-hydrogen) atoms. The Bertz CT molecular complexity index is 264. The third-order valence-corrected chi connectivity index (χ3v) is 1.95. The van der Waals surface area contributed by atoms with Gasteiger partial charge in [-0.25, -0.2) is 0 Å². The van der Waals surface area contributed by atoms with Crippen molar-refractivity contribution in [3.05, 3.63) is 42.0 Å². The number of hydrogen-bond acceptors (Lipinski definition) is 1. The molecule has 1 nitrogen and oxygen atoms in total. The molecule has 0 aromatic heterocycles. The highest BCUT2D eigenvalue weighted by atomic mass is 35.5. The molecule has 0 radical (unpaired) electrons. The average molecular weight is 197 g/mol. The van der Waals surface area contributed by atoms with Crippen molar-refractivity contribution in [1.29, 1.82) is 0 Å². The first-order chi connectivity index (χ1) is 6.33. The minimum atomic E-state index is 0.313. The standard InChI is InChI=1S/C11H13ClO/c12-9-3-1-2-4-10-5-7-11(13)8-6-10/h1-2,5-8,13H,3-4,9H2. The minimum absolute atomic E-state index is 0.313. The second-order valence-corrected chi connectivity index (χ2v) is 3.20. The lowest BCUT2D eigenvalue weighted by atomic mass is 10.1. The third kappa shape index (κ3) is 4.00. The SMILES string of the molecule is Oc1ccc(CC=CCCCl)cc1. The molecule has 0 heterocycles. The minimum Gasteiger partial charge on any atom is -0.508 e. The molecule has 0 atom stereocenters. The number of phenolic OH excluding ortho intramolecular Hbond substituents is 1. The van der Waals surface area contributed by atoms with E-state index in [0.717, 1.165) is 12.8 Å². The Balaban J connectivity index is 2.41. The highest BCUT2D eigenvalue weighted by Gasteiger charge is 1.89. The van der Waals surface area contributed by atoms with E-state index >= 15 is 0 Å². The van der Waals surface area contributed by atoms with Gasteiger partial charge in [-0.15, -0.1) is 11.6 Å². The van der Waals surface area contributed by atoms with Gasteiger partial charge in [-0.05, 0) is 30.5 Å². The van der Waals surface area contributed by atoms with Gasteiger partial charge in [-0.1, -0.05) is 24.3 Å². The Hall–Kier alpha value is -0.950. The van der Waals surface area contributed by atoms with Crippen molar-refractivity contribution in [2.45, 2.75) is 12.8 Å². The normalized spacial score (nSPS) is 10.8. The fraction of sp³-hybridized carbons (Fsp3) is 0.273. The quantitative estimate of drug-likeness (QED) is 0.580. The van der Waals surface area contributed by atoms with Crippen LogP contribution in [0.25, 0.3) is 0 Å². The van der Waals surface area contributed by atoms with Crippen molar-refractivity contribution >= 4 is 11.6 Å². The molecule has 0 aliphatic rings. The predicted molar refractivity (Wildman–Crippen MR) is 56.3 cm³/mol. The summed E-state index contributed by atoms with van der Waals surface area (Å²) in [5.41, 5.74) is 1.20. The highest BCUT2D eigenvalue weighted by Crippen LogP contribution is 2.10. The van der Waals surface area contributed by atoms with E-state index in [2.05, 4.69) is 12.2 Å². The first-order valence-corrected chi connectivity index (χ1v) is 4.85. The van der Waals surface area contributed by atoms with Crippen molar-refractivity contribution in [3.8, 4) is 5.75 Å². The van der Waals surface area contributed by atoms with Gasteiger partial charge in [0, 0.05) is 5.88 Å². The number of halogens is 1. The molecule has 0 unspecified atom stereocenters. The molecule has 1 N–H and O–H groups in total. The van der Waals surface area contributed by atoms with Crippen LogP contribution in [0.1, 0.15) is 12.0 Å². The second kappa shape index (κ2) is 5.65. The lowest BCUT2D eigenvalue weighted by Crippen LogP contribution is -1.79. The maximum Gasteiger partial charge on any atom is 0.115 e.